The molecule has 1 amide bonds. The van der Waals surface area contributed by atoms with E-state index < -0.39 is 15.6 Å². The van der Waals surface area contributed by atoms with Gasteiger partial charge in [-0.2, -0.15) is 4.31 Å². The van der Waals surface area contributed by atoms with Crippen LogP contribution in [0.1, 0.15) is 52.0 Å². The Morgan fingerprint density at radius 1 is 1.18 bits per heavy atom. The van der Waals surface area contributed by atoms with Crippen molar-refractivity contribution in [1.29, 1.82) is 0 Å². The average molecular weight is 432 g/mol. The Morgan fingerprint density at radius 3 is 2.25 bits per heavy atom. The Labute approximate surface area is 175 Å². The van der Waals surface area contributed by atoms with E-state index in [1.54, 1.807) is 28.6 Å². The molecular weight excluding hydrogens is 398 g/mol. The highest BCUT2D eigenvalue weighted by atomic mass is 35.5. The molecule has 8 heteroatoms. The second-order valence-corrected chi connectivity index (χ2v) is 10.1. The standard InChI is InChI=1S/C20H33N3O3S.ClH/c1-16(2)14-20(3,15-21)22-19(24)13-17-7-9-18(10-8-17)27(25,26)23-11-5-4-6-12-23;/h7-10,16H,4-6,11-15,21H2,1-3H3,(H,22,24);1H. The van der Waals surface area contributed by atoms with Crippen molar-refractivity contribution in [3.8, 4) is 0 Å². The lowest BCUT2D eigenvalue weighted by Crippen LogP contribution is -2.52. The number of carbonyl (C=O) groups is 1. The number of benzene rings is 1. The maximum absolute atomic E-state index is 12.7. The number of nitrogens with zero attached hydrogens (tertiary/aromatic N) is 1. The molecule has 1 aromatic carbocycles. The van der Waals surface area contributed by atoms with Gasteiger partial charge in [0.15, 0.2) is 0 Å². The van der Waals surface area contributed by atoms with Crippen LogP contribution in [0, 0.1) is 5.92 Å². The molecule has 1 heterocycles. The van der Waals surface area contributed by atoms with Crippen molar-refractivity contribution < 1.29 is 13.2 Å². The molecule has 1 saturated heterocycles. The second-order valence-electron chi connectivity index (χ2n) is 8.20. The quantitative estimate of drug-likeness (QED) is 0.661. The lowest BCUT2D eigenvalue weighted by atomic mass is 9.90. The summed E-state index contributed by atoms with van der Waals surface area (Å²) in [5, 5.41) is 3.03. The number of carbonyl (C=O) groups excluding carboxylic acids is 1. The van der Waals surface area contributed by atoms with Crippen LogP contribution in [-0.4, -0.2) is 43.8 Å². The number of piperidine rings is 1. The Kier molecular flexibility index (Phi) is 9.40. The third kappa shape index (κ3) is 6.72. The first-order valence-corrected chi connectivity index (χ1v) is 11.2. The molecule has 0 radical (unpaired) electrons. The van der Waals surface area contributed by atoms with Crippen LogP contribution in [0.4, 0.5) is 0 Å². The predicted molar refractivity (Wildman–Crippen MR) is 115 cm³/mol. The molecule has 2 rings (SSSR count). The lowest BCUT2D eigenvalue weighted by Gasteiger charge is -2.31. The molecule has 6 nitrogen and oxygen atoms in total. The van der Waals surface area contributed by atoms with Crippen molar-refractivity contribution in [2.24, 2.45) is 11.7 Å². The number of halogens is 1. The molecule has 160 valence electrons. The van der Waals surface area contributed by atoms with E-state index in [1.165, 1.54) is 0 Å². The van der Waals surface area contributed by atoms with E-state index >= 15 is 0 Å². The minimum atomic E-state index is -3.44. The summed E-state index contributed by atoms with van der Waals surface area (Å²) in [4.78, 5) is 12.7. The van der Waals surface area contributed by atoms with Crippen LogP contribution in [0.25, 0.3) is 0 Å². The number of rotatable bonds is 8. The van der Waals surface area contributed by atoms with E-state index in [2.05, 4.69) is 19.2 Å². The van der Waals surface area contributed by atoms with Gasteiger partial charge in [0.1, 0.15) is 0 Å². The van der Waals surface area contributed by atoms with Gasteiger partial charge >= 0.3 is 0 Å². The maximum atomic E-state index is 12.7. The first-order chi connectivity index (χ1) is 12.7. The molecule has 1 fully saturated rings. The summed E-state index contributed by atoms with van der Waals surface area (Å²) in [7, 11) is -3.44. The van der Waals surface area contributed by atoms with Crippen LogP contribution >= 0.6 is 12.4 Å². The summed E-state index contributed by atoms with van der Waals surface area (Å²) in [5.74, 6) is 0.327. The van der Waals surface area contributed by atoms with Crippen LogP contribution in [-0.2, 0) is 21.2 Å². The van der Waals surface area contributed by atoms with Gasteiger partial charge in [0.05, 0.1) is 11.3 Å². The molecule has 3 N–H and O–H groups in total. The molecule has 1 aliphatic rings. The molecule has 1 atom stereocenters. The van der Waals surface area contributed by atoms with Crippen LogP contribution in [0.5, 0.6) is 0 Å². The molecular formula is C20H34ClN3O3S. The van der Waals surface area contributed by atoms with Gasteiger partial charge in [-0.05, 0) is 49.8 Å². The fraction of sp³-hybridized carbons (Fsp3) is 0.650. The van der Waals surface area contributed by atoms with Crippen LogP contribution in [0.15, 0.2) is 29.2 Å². The first-order valence-electron chi connectivity index (χ1n) is 9.76. The number of hydrogen-bond acceptors (Lipinski definition) is 4. The Hall–Kier alpha value is -1.15. The van der Waals surface area contributed by atoms with Gasteiger partial charge in [-0.15, -0.1) is 12.4 Å². The Bertz CT molecular complexity index is 732. The van der Waals surface area contributed by atoms with Crippen LogP contribution in [0.2, 0.25) is 0 Å². The molecule has 1 aliphatic heterocycles. The van der Waals surface area contributed by atoms with Gasteiger partial charge in [0.25, 0.3) is 0 Å². The normalized spacial score (nSPS) is 17.6. The average Bonchev–Trinajstić information content (AvgIpc) is 2.62. The van der Waals surface area contributed by atoms with Gasteiger partial charge < -0.3 is 11.1 Å². The van der Waals surface area contributed by atoms with Crippen molar-refractivity contribution >= 4 is 28.3 Å². The van der Waals surface area contributed by atoms with Gasteiger partial charge in [0, 0.05) is 25.2 Å². The van der Waals surface area contributed by atoms with Crippen molar-refractivity contribution in [2.45, 2.75) is 63.3 Å². The summed E-state index contributed by atoms with van der Waals surface area (Å²) in [6, 6.07) is 6.64. The van der Waals surface area contributed by atoms with Crippen molar-refractivity contribution in [2.75, 3.05) is 19.6 Å². The topological polar surface area (TPSA) is 92.5 Å². The Morgan fingerprint density at radius 2 is 1.75 bits per heavy atom. The molecule has 28 heavy (non-hydrogen) atoms. The van der Waals surface area contributed by atoms with Crippen molar-refractivity contribution in [1.82, 2.24) is 9.62 Å². The van der Waals surface area contributed by atoms with E-state index in [9.17, 15) is 13.2 Å². The van der Waals surface area contributed by atoms with E-state index in [4.69, 9.17) is 5.73 Å². The molecule has 0 saturated carbocycles. The number of amides is 1. The smallest absolute Gasteiger partial charge is 0.243 e. The second kappa shape index (κ2) is 10.6. The monoisotopic (exact) mass is 431 g/mol. The lowest BCUT2D eigenvalue weighted by molar-refractivity contribution is -0.122. The zero-order valence-corrected chi connectivity index (χ0v) is 18.7. The van der Waals surface area contributed by atoms with E-state index in [0.29, 0.717) is 30.4 Å². The summed E-state index contributed by atoms with van der Waals surface area (Å²) in [6.45, 7) is 7.70. The van der Waals surface area contributed by atoms with Gasteiger partial charge in [0.2, 0.25) is 15.9 Å². The van der Waals surface area contributed by atoms with Crippen molar-refractivity contribution in [3.63, 3.8) is 0 Å². The number of nitrogens with two attached hydrogens (primary N) is 1. The highest BCUT2D eigenvalue weighted by Crippen LogP contribution is 2.21. The number of hydrogen-bond donors (Lipinski definition) is 2. The maximum Gasteiger partial charge on any atom is 0.243 e. The molecule has 0 bridgehead atoms. The molecule has 1 unspecified atom stereocenters. The van der Waals surface area contributed by atoms with E-state index in [1.807, 2.05) is 6.92 Å². The van der Waals surface area contributed by atoms with E-state index in [0.717, 1.165) is 31.2 Å². The highest BCUT2D eigenvalue weighted by molar-refractivity contribution is 7.89. The number of nitrogens with one attached hydrogen (secondary N) is 1. The number of sulfonamides is 1. The molecule has 0 aromatic heterocycles. The largest absolute Gasteiger partial charge is 0.349 e. The van der Waals surface area contributed by atoms with Crippen molar-refractivity contribution in [3.05, 3.63) is 29.8 Å². The SMILES string of the molecule is CC(C)CC(C)(CN)NC(=O)Cc1ccc(S(=O)(=O)N2CCCCC2)cc1.Cl. The minimum absolute atomic E-state index is 0. The predicted octanol–water partition coefficient (Wildman–Crippen LogP) is 2.71. The third-order valence-electron chi connectivity index (χ3n) is 4.99. The summed E-state index contributed by atoms with van der Waals surface area (Å²) < 4.78 is 26.9. The van der Waals surface area contributed by atoms with Crippen LogP contribution in [0.3, 0.4) is 0 Å². The zero-order valence-electron chi connectivity index (χ0n) is 17.1. The van der Waals surface area contributed by atoms with E-state index in [-0.39, 0.29) is 24.7 Å². The first kappa shape index (κ1) is 24.9. The fourth-order valence-electron chi connectivity index (χ4n) is 3.69. The summed E-state index contributed by atoms with van der Waals surface area (Å²) in [5.41, 5.74) is 6.21. The molecule has 0 spiro atoms. The van der Waals surface area contributed by atoms with Gasteiger partial charge in [-0.25, -0.2) is 8.42 Å². The molecule has 1 aromatic rings. The summed E-state index contributed by atoms with van der Waals surface area (Å²) in [6.07, 6.45) is 3.92. The van der Waals surface area contributed by atoms with Gasteiger partial charge in [-0.1, -0.05) is 32.4 Å². The Balaban J connectivity index is 0.00000392. The minimum Gasteiger partial charge on any atom is -0.349 e. The molecule has 0 aliphatic carbocycles. The fourth-order valence-corrected chi connectivity index (χ4v) is 5.20. The summed E-state index contributed by atoms with van der Waals surface area (Å²) >= 11 is 0. The zero-order chi connectivity index (χ0) is 20.1. The van der Waals surface area contributed by atoms with Gasteiger partial charge in [-0.3, -0.25) is 4.79 Å². The van der Waals surface area contributed by atoms with Crippen LogP contribution < -0.4 is 11.1 Å². The highest BCUT2D eigenvalue weighted by Gasteiger charge is 2.27. The third-order valence-corrected chi connectivity index (χ3v) is 6.90.